The molecule has 0 spiro atoms. The van der Waals surface area contributed by atoms with Crippen LogP contribution in [-0.2, 0) is 11.2 Å². The molecule has 14 heavy (non-hydrogen) atoms. The first-order valence-electron chi connectivity index (χ1n) is 4.52. The summed E-state index contributed by atoms with van der Waals surface area (Å²) >= 11 is 1.73. The minimum atomic E-state index is 0.103. The van der Waals surface area contributed by atoms with E-state index >= 15 is 0 Å². The standard InChI is InChI=1S/C12H14OS/c1-10(13)5-3-6-11-7-4-8-12(9-11)14-2/h3-5,7-9H,6H2,1-2H3. The number of ketones is 1. The normalized spacial score (nSPS) is 10.7. The van der Waals surface area contributed by atoms with Crippen LogP contribution in [0.2, 0.25) is 0 Å². The zero-order valence-corrected chi connectivity index (χ0v) is 9.30. The van der Waals surface area contributed by atoms with Crippen molar-refractivity contribution in [3.8, 4) is 0 Å². The Hall–Kier alpha value is -1.02. The Labute approximate surface area is 89.2 Å². The van der Waals surface area contributed by atoms with Crippen LogP contribution in [0.15, 0.2) is 41.3 Å². The lowest BCUT2D eigenvalue weighted by molar-refractivity contribution is -0.112. The molecule has 0 saturated carbocycles. The van der Waals surface area contributed by atoms with Gasteiger partial charge in [0.1, 0.15) is 0 Å². The van der Waals surface area contributed by atoms with Crippen molar-refractivity contribution in [3.05, 3.63) is 42.0 Å². The fraction of sp³-hybridized carbons (Fsp3) is 0.250. The highest BCUT2D eigenvalue weighted by atomic mass is 32.2. The molecule has 2 heteroatoms. The van der Waals surface area contributed by atoms with Gasteiger partial charge in [-0.05, 0) is 43.4 Å². The molecule has 0 aliphatic rings. The Morgan fingerprint density at radius 1 is 1.50 bits per heavy atom. The lowest BCUT2D eigenvalue weighted by atomic mass is 10.1. The van der Waals surface area contributed by atoms with Gasteiger partial charge in [-0.15, -0.1) is 11.8 Å². The lowest BCUT2D eigenvalue weighted by Gasteiger charge is -1.99. The highest BCUT2D eigenvalue weighted by molar-refractivity contribution is 7.98. The molecule has 0 amide bonds. The third-order valence-electron chi connectivity index (χ3n) is 1.84. The molecule has 0 aliphatic carbocycles. The van der Waals surface area contributed by atoms with Gasteiger partial charge in [-0.25, -0.2) is 0 Å². The molecule has 1 rings (SSSR count). The molecular weight excluding hydrogens is 192 g/mol. The van der Waals surface area contributed by atoms with Crippen molar-refractivity contribution in [1.82, 2.24) is 0 Å². The van der Waals surface area contributed by atoms with E-state index in [1.807, 2.05) is 12.1 Å². The van der Waals surface area contributed by atoms with Crippen LogP contribution >= 0.6 is 11.8 Å². The fourth-order valence-corrected chi connectivity index (χ4v) is 1.64. The topological polar surface area (TPSA) is 17.1 Å². The van der Waals surface area contributed by atoms with E-state index in [-0.39, 0.29) is 5.78 Å². The summed E-state index contributed by atoms with van der Waals surface area (Å²) in [4.78, 5) is 11.9. The summed E-state index contributed by atoms with van der Waals surface area (Å²) in [6, 6.07) is 8.35. The molecule has 1 aromatic carbocycles. The highest BCUT2D eigenvalue weighted by Gasteiger charge is 1.92. The SMILES string of the molecule is CSc1cccc(CC=CC(C)=O)c1. The Morgan fingerprint density at radius 3 is 2.93 bits per heavy atom. The van der Waals surface area contributed by atoms with Crippen LogP contribution in [0.3, 0.4) is 0 Å². The Morgan fingerprint density at radius 2 is 2.29 bits per heavy atom. The summed E-state index contributed by atoms with van der Waals surface area (Å²) in [6.45, 7) is 1.56. The second-order valence-corrected chi connectivity index (χ2v) is 3.95. The summed E-state index contributed by atoms with van der Waals surface area (Å²) in [5, 5.41) is 0. The van der Waals surface area contributed by atoms with Crippen molar-refractivity contribution in [2.45, 2.75) is 18.2 Å². The van der Waals surface area contributed by atoms with Crippen LogP contribution in [-0.4, -0.2) is 12.0 Å². The van der Waals surface area contributed by atoms with Crippen molar-refractivity contribution < 1.29 is 4.79 Å². The summed E-state index contributed by atoms with van der Waals surface area (Å²) in [5.74, 6) is 0.103. The summed E-state index contributed by atoms with van der Waals surface area (Å²) in [7, 11) is 0. The van der Waals surface area contributed by atoms with Gasteiger partial charge in [-0.3, -0.25) is 4.79 Å². The molecule has 74 valence electrons. The third kappa shape index (κ3) is 3.79. The Balaban J connectivity index is 2.63. The molecule has 0 bridgehead atoms. The van der Waals surface area contributed by atoms with E-state index in [1.54, 1.807) is 24.8 Å². The number of benzene rings is 1. The average Bonchev–Trinajstić information content (AvgIpc) is 2.18. The maximum atomic E-state index is 10.7. The Bertz CT molecular complexity index is 342. The predicted octanol–water partition coefficient (Wildman–Crippen LogP) is 3.10. The molecule has 0 radical (unpaired) electrons. The second kappa shape index (κ2) is 5.66. The first-order chi connectivity index (χ1) is 6.72. The van der Waals surface area contributed by atoms with Crippen LogP contribution in [0.25, 0.3) is 0 Å². The number of allylic oxidation sites excluding steroid dienone is 2. The monoisotopic (exact) mass is 206 g/mol. The molecule has 0 aliphatic heterocycles. The van der Waals surface area contributed by atoms with Crippen molar-refractivity contribution in [2.75, 3.05) is 6.26 Å². The number of hydrogen-bond acceptors (Lipinski definition) is 2. The maximum absolute atomic E-state index is 10.7. The van der Waals surface area contributed by atoms with Crippen molar-refractivity contribution in [1.29, 1.82) is 0 Å². The lowest BCUT2D eigenvalue weighted by Crippen LogP contribution is -1.84. The first kappa shape index (κ1) is 11.1. The summed E-state index contributed by atoms with van der Waals surface area (Å²) in [6.07, 6.45) is 6.41. The number of rotatable bonds is 4. The zero-order chi connectivity index (χ0) is 10.4. The predicted molar refractivity (Wildman–Crippen MR) is 61.7 cm³/mol. The van der Waals surface area contributed by atoms with Crippen LogP contribution in [0.5, 0.6) is 0 Å². The average molecular weight is 206 g/mol. The van der Waals surface area contributed by atoms with Crippen LogP contribution < -0.4 is 0 Å². The number of hydrogen-bond donors (Lipinski definition) is 0. The van der Waals surface area contributed by atoms with Crippen molar-refractivity contribution in [2.24, 2.45) is 0 Å². The van der Waals surface area contributed by atoms with Crippen molar-refractivity contribution in [3.63, 3.8) is 0 Å². The molecule has 0 N–H and O–H groups in total. The van der Waals surface area contributed by atoms with Crippen LogP contribution in [0.1, 0.15) is 12.5 Å². The van der Waals surface area contributed by atoms with Crippen LogP contribution in [0, 0.1) is 0 Å². The zero-order valence-electron chi connectivity index (χ0n) is 8.49. The van der Waals surface area contributed by atoms with Gasteiger partial charge in [0.2, 0.25) is 0 Å². The van der Waals surface area contributed by atoms with E-state index in [2.05, 4.69) is 24.5 Å². The molecule has 1 aromatic rings. The summed E-state index contributed by atoms with van der Waals surface area (Å²) in [5.41, 5.74) is 1.24. The largest absolute Gasteiger partial charge is 0.295 e. The van der Waals surface area contributed by atoms with Gasteiger partial charge in [0, 0.05) is 4.90 Å². The van der Waals surface area contributed by atoms with Gasteiger partial charge in [0.15, 0.2) is 5.78 Å². The van der Waals surface area contributed by atoms with E-state index < -0.39 is 0 Å². The van der Waals surface area contributed by atoms with Gasteiger partial charge in [0.05, 0.1) is 0 Å². The van der Waals surface area contributed by atoms with Crippen LogP contribution in [0.4, 0.5) is 0 Å². The molecule has 1 nitrogen and oxygen atoms in total. The number of carbonyl (C=O) groups excluding carboxylic acids is 1. The fourth-order valence-electron chi connectivity index (χ4n) is 1.16. The molecule has 0 heterocycles. The summed E-state index contributed by atoms with van der Waals surface area (Å²) < 4.78 is 0. The van der Waals surface area contributed by atoms with Gasteiger partial charge >= 0.3 is 0 Å². The second-order valence-electron chi connectivity index (χ2n) is 3.07. The van der Waals surface area contributed by atoms with Gasteiger partial charge in [-0.2, -0.15) is 0 Å². The number of thioether (sulfide) groups is 1. The molecule has 0 fully saturated rings. The third-order valence-corrected chi connectivity index (χ3v) is 2.57. The quantitative estimate of drug-likeness (QED) is 0.556. The van der Waals surface area contributed by atoms with Gasteiger partial charge in [-0.1, -0.05) is 18.2 Å². The minimum Gasteiger partial charge on any atom is -0.295 e. The van der Waals surface area contributed by atoms with E-state index in [1.165, 1.54) is 10.5 Å². The first-order valence-corrected chi connectivity index (χ1v) is 5.75. The maximum Gasteiger partial charge on any atom is 0.152 e. The van der Waals surface area contributed by atoms with E-state index in [0.717, 1.165) is 6.42 Å². The number of carbonyl (C=O) groups is 1. The van der Waals surface area contributed by atoms with E-state index in [9.17, 15) is 4.79 Å². The Kier molecular flexibility index (Phi) is 4.47. The van der Waals surface area contributed by atoms with E-state index in [4.69, 9.17) is 0 Å². The molecular formula is C12H14OS. The minimum absolute atomic E-state index is 0.103. The highest BCUT2D eigenvalue weighted by Crippen LogP contribution is 2.16. The van der Waals surface area contributed by atoms with Gasteiger partial charge < -0.3 is 0 Å². The molecule has 0 unspecified atom stereocenters. The van der Waals surface area contributed by atoms with Gasteiger partial charge in [0.25, 0.3) is 0 Å². The van der Waals surface area contributed by atoms with E-state index in [0.29, 0.717) is 0 Å². The molecule has 0 atom stereocenters. The molecule has 0 aromatic heterocycles. The van der Waals surface area contributed by atoms with Crippen molar-refractivity contribution >= 4 is 17.5 Å². The smallest absolute Gasteiger partial charge is 0.152 e. The molecule has 0 saturated heterocycles.